The maximum atomic E-state index is 4.17. The minimum atomic E-state index is 1.23. The van der Waals surface area contributed by atoms with Crippen LogP contribution in [0.25, 0.3) is 0 Å². The molecule has 1 aliphatic rings. The van der Waals surface area contributed by atoms with Gasteiger partial charge in [-0.1, -0.05) is 4.68 Å². The summed E-state index contributed by atoms with van der Waals surface area (Å²) in [6.07, 6.45) is 7.89. The van der Waals surface area contributed by atoms with E-state index in [9.17, 15) is 0 Å². The molecule has 10 heavy (non-hydrogen) atoms. The van der Waals surface area contributed by atoms with E-state index in [-0.39, 0.29) is 0 Å². The number of fused-ring (bicyclic) bond motifs is 1. The second-order valence-corrected chi connectivity index (χ2v) is 2.85. The van der Waals surface area contributed by atoms with Crippen molar-refractivity contribution in [3.8, 4) is 0 Å². The fourth-order valence-electron chi connectivity index (χ4n) is 1.50. The van der Waals surface area contributed by atoms with Gasteiger partial charge in [-0.3, -0.25) is 0 Å². The fraction of sp³-hybridized carbons (Fsp3) is 0.500. The summed E-state index contributed by atoms with van der Waals surface area (Å²) in [5.41, 5.74) is 2.93. The molecule has 0 aliphatic heterocycles. The second-order valence-electron chi connectivity index (χ2n) is 2.85. The highest BCUT2D eigenvalue weighted by Gasteiger charge is 2.13. The van der Waals surface area contributed by atoms with Crippen molar-refractivity contribution in [1.82, 2.24) is 5.10 Å². The van der Waals surface area contributed by atoms with Crippen molar-refractivity contribution in [1.29, 1.82) is 0 Å². The summed E-state index contributed by atoms with van der Waals surface area (Å²) in [7, 11) is 1.97. The van der Waals surface area contributed by atoms with Gasteiger partial charge in [0, 0.05) is 5.56 Å². The van der Waals surface area contributed by atoms with Crippen LogP contribution in [0.15, 0.2) is 12.4 Å². The molecule has 0 saturated carbocycles. The van der Waals surface area contributed by atoms with Crippen LogP contribution in [0.3, 0.4) is 0 Å². The molecule has 0 radical (unpaired) electrons. The zero-order valence-electron chi connectivity index (χ0n) is 6.17. The maximum absolute atomic E-state index is 4.17. The van der Waals surface area contributed by atoms with E-state index in [2.05, 4.69) is 11.3 Å². The summed E-state index contributed by atoms with van der Waals surface area (Å²) < 4.78 is 1.88. The molecule has 0 aromatic carbocycles. The summed E-state index contributed by atoms with van der Waals surface area (Å²) in [5, 5.41) is 4.17. The largest absolute Gasteiger partial charge is 0.199 e. The number of aromatic nitrogens is 2. The van der Waals surface area contributed by atoms with Crippen LogP contribution in [0, 0.1) is 0 Å². The first-order valence-electron chi connectivity index (χ1n) is 3.70. The molecule has 0 unspecified atom stereocenters. The van der Waals surface area contributed by atoms with Crippen LogP contribution >= 0.6 is 0 Å². The predicted octanol–water partition coefficient (Wildman–Crippen LogP) is 0.395. The molecular formula is C8H11N2+. The van der Waals surface area contributed by atoms with Gasteiger partial charge in [-0.15, -0.1) is 0 Å². The molecule has 52 valence electrons. The van der Waals surface area contributed by atoms with Gasteiger partial charge in [0.05, 0.1) is 6.20 Å². The lowest BCUT2D eigenvalue weighted by molar-refractivity contribution is -0.731. The number of nitrogens with zero attached hydrogens (tertiary/aromatic N) is 2. The van der Waals surface area contributed by atoms with Crippen molar-refractivity contribution < 1.29 is 4.68 Å². The van der Waals surface area contributed by atoms with Gasteiger partial charge in [-0.2, -0.15) is 0 Å². The Balaban J connectivity index is 2.52. The highest BCUT2D eigenvalue weighted by Crippen LogP contribution is 2.17. The Hall–Kier alpha value is -0.920. The van der Waals surface area contributed by atoms with Gasteiger partial charge in [0.15, 0.2) is 13.2 Å². The van der Waals surface area contributed by atoms with Crippen LogP contribution < -0.4 is 4.68 Å². The van der Waals surface area contributed by atoms with Crippen molar-refractivity contribution in [2.75, 3.05) is 0 Å². The second kappa shape index (κ2) is 2.04. The summed E-state index contributed by atoms with van der Waals surface area (Å²) in [4.78, 5) is 0. The maximum Gasteiger partial charge on any atom is 0.199 e. The van der Waals surface area contributed by atoms with Crippen LogP contribution in [0.4, 0.5) is 0 Å². The Kier molecular flexibility index (Phi) is 1.19. The Morgan fingerprint density at radius 2 is 2.20 bits per heavy atom. The van der Waals surface area contributed by atoms with Crippen LogP contribution in [0.5, 0.6) is 0 Å². The van der Waals surface area contributed by atoms with E-state index in [4.69, 9.17) is 0 Å². The lowest BCUT2D eigenvalue weighted by Gasteiger charge is -1.91. The number of hydrogen-bond acceptors (Lipinski definition) is 1. The Bertz CT molecular complexity index is 255. The minimum absolute atomic E-state index is 1.23. The van der Waals surface area contributed by atoms with E-state index >= 15 is 0 Å². The number of hydrogen-bond donors (Lipinski definition) is 0. The molecule has 0 saturated heterocycles. The Morgan fingerprint density at radius 1 is 1.40 bits per heavy atom. The van der Waals surface area contributed by atoms with Crippen LogP contribution in [-0.4, -0.2) is 5.10 Å². The van der Waals surface area contributed by atoms with E-state index in [1.165, 1.54) is 30.4 Å². The lowest BCUT2D eigenvalue weighted by Crippen LogP contribution is -2.32. The number of aryl methyl sites for hydroxylation is 3. The average Bonchev–Trinajstić information content (AvgIpc) is 2.33. The van der Waals surface area contributed by atoms with Crippen molar-refractivity contribution in [3.63, 3.8) is 0 Å². The zero-order valence-corrected chi connectivity index (χ0v) is 6.17. The van der Waals surface area contributed by atoms with Gasteiger partial charge in [0.1, 0.15) is 0 Å². The molecule has 1 aromatic heterocycles. The average molecular weight is 135 g/mol. The molecule has 0 N–H and O–H groups in total. The zero-order chi connectivity index (χ0) is 6.97. The molecule has 0 atom stereocenters. The van der Waals surface area contributed by atoms with Gasteiger partial charge >= 0.3 is 0 Å². The summed E-state index contributed by atoms with van der Waals surface area (Å²) in [6, 6.07) is 0. The Labute approximate surface area is 60.5 Å². The third kappa shape index (κ3) is 0.801. The van der Waals surface area contributed by atoms with Gasteiger partial charge in [0.2, 0.25) is 0 Å². The van der Waals surface area contributed by atoms with Crippen LogP contribution in [0.2, 0.25) is 0 Å². The third-order valence-electron chi connectivity index (χ3n) is 2.04. The van der Waals surface area contributed by atoms with E-state index < -0.39 is 0 Å². The number of rotatable bonds is 0. The van der Waals surface area contributed by atoms with Gasteiger partial charge < -0.3 is 0 Å². The Morgan fingerprint density at radius 3 is 3.10 bits per heavy atom. The van der Waals surface area contributed by atoms with Crippen molar-refractivity contribution in [2.24, 2.45) is 7.05 Å². The van der Waals surface area contributed by atoms with Gasteiger partial charge in [0.25, 0.3) is 0 Å². The highest BCUT2D eigenvalue weighted by atomic mass is 15.2. The SMILES string of the molecule is C[n+]1cc2c(cn1)CCC2. The molecule has 1 aliphatic carbocycles. The molecule has 0 fully saturated rings. The first-order chi connectivity index (χ1) is 4.86. The molecule has 1 heterocycles. The standard InChI is InChI=1S/C8H11N2/c1-10-6-8-4-2-3-7(8)5-9-10/h5-6H,2-4H2,1H3/q+1. The van der Waals surface area contributed by atoms with Gasteiger partial charge in [-0.25, -0.2) is 0 Å². The lowest BCUT2D eigenvalue weighted by atomic mass is 10.2. The van der Waals surface area contributed by atoms with E-state index in [0.717, 1.165) is 0 Å². The van der Waals surface area contributed by atoms with Crippen LogP contribution in [0.1, 0.15) is 17.5 Å². The fourth-order valence-corrected chi connectivity index (χ4v) is 1.50. The van der Waals surface area contributed by atoms with Crippen molar-refractivity contribution >= 4 is 0 Å². The molecule has 2 heteroatoms. The summed E-state index contributed by atoms with van der Waals surface area (Å²) >= 11 is 0. The molecule has 2 rings (SSSR count). The normalized spacial score (nSPS) is 15.3. The topological polar surface area (TPSA) is 16.8 Å². The van der Waals surface area contributed by atoms with Crippen LogP contribution in [-0.2, 0) is 19.9 Å². The molecule has 1 aromatic rings. The van der Waals surface area contributed by atoms with E-state index in [1.807, 2.05) is 17.9 Å². The third-order valence-corrected chi connectivity index (χ3v) is 2.04. The van der Waals surface area contributed by atoms with Crippen molar-refractivity contribution in [3.05, 3.63) is 23.5 Å². The predicted molar refractivity (Wildman–Crippen MR) is 37.4 cm³/mol. The molecule has 2 nitrogen and oxygen atoms in total. The van der Waals surface area contributed by atoms with E-state index in [1.54, 1.807) is 0 Å². The monoisotopic (exact) mass is 135 g/mol. The minimum Gasteiger partial charge on any atom is -0.0937 e. The molecule has 0 spiro atoms. The quantitative estimate of drug-likeness (QED) is 0.470. The molecule has 0 amide bonds. The smallest absolute Gasteiger partial charge is 0.0937 e. The highest BCUT2D eigenvalue weighted by molar-refractivity contribution is 5.23. The van der Waals surface area contributed by atoms with Gasteiger partial charge in [-0.05, 0) is 29.9 Å². The van der Waals surface area contributed by atoms with Crippen molar-refractivity contribution in [2.45, 2.75) is 19.3 Å². The molecular weight excluding hydrogens is 124 g/mol. The first-order valence-corrected chi connectivity index (χ1v) is 3.70. The molecule has 0 bridgehead atoms. The summed E-state index contributed by atoms with van der Waals surface area (Å²) in [5.74, 6) is 0. The first kappa shape index (κ1) is 5.83. The summed E-state index contributed by atoms with van der Waals surface area (Å²) in [6.45, 7) is 0. The van der Waals surface area contributed by atoms with E-state index in [0.29, 0.717) is 0 Å².